The van der Waals surface area contributed by atoms with E-state index in [9.17, 15) is 0 Å². The van der Waals surface area contributed by atoms with E-state index in [1.54, 1.807) is 0 Å². The summed E-state index contributed by atoms with van der Waals surface area (Å²) in [5, 5.41) is 3.68. The molecule has 0 bridgehead atoms. The predicted octanol–water partition coefficient (Wildman–Crippen LogP) is 3.27. The Kier molecular flexibility index (Phi) is 3.06. The molecule has 98 valence electrons. The van der Waals surface area contributed by atoms with Crippen molar-refractivity contribution in [2.75, 3.05) is 17.7 Å². The van der Waals surface area contributed by atoms with Gasteiger partial charge in [-0.3, -0.25) is 0 Å². The Balaban J connectivity index is 1.73. The fraction of sp³-hybridized carbons (Fsp3) is 0.600. The second-order valence-electron chi connectivity index (χ2n) is 5.57. The largest absolute Gasteiger partial charge is 0.494 e. The minimum Gasteiger partial charge on any atom is -0.494 e. The van der Waals surface area contributed by atoms with Crippen LogP contribution in [0.5, 0.6) is 5.75 Å². The summed E-state index contributed by atoms with van der Waals surface area (Å²) in [7, 11) is 0. The fourth-order valence-corrected chi connectivity index (χ4v) is 2.68. The number of nitrogen functional groups attached to an aromatic ring is 1. The Morgan fingerprint density at radius 3 is 2.44 bits per heavy atom. The van der Waals surface area contributed by atoms with Gasteiger partial charge in [-0.1, -0.05) is 0 Å². The molecule has 0 amide bonds. The summed E-state index contributed by atoms with van der Waals surface area (Å²) >= 11 is 0. The highest BCUT2D eigenvalue weighted by Gasteiger charge is 2.41. The molecule has 2 aliphatic rings. The normalized spacial score (nSPS) is 19.0. The van der Waals surface area contributed by atoms with E-state index in [4.69, 9.17) is 10.5 Å². The smallest absolute Gasteiger partial charge is 0.123 e. The van der Waals surface area contributed by atoms with Gasteiger partial charge >= 0.3 is 0 Å². The zero-order valence-corrected chi connectivity index (χ0v) is 11.0. The van der Waals surface area contributed by atoms with Gasteiger partial charge in [-0.25, -0.2) is 0 Å². The molecule has 2 fully saturated rings. The molecular weight excluding hydrogens is 224 g/mol. The summed E-state index contributed by atoms with van der Waals surface area (Å²) in [6, 6.07) is 6.62. The van der Waals surface area contributed by atoms with Crippen LogP contribution in [0, 0.1) is 11.8 Å². The lowest BCUT2D eigenvalue weighted by atomic mass is 10.1. The Labute approximate surface area is 109 Å². The summed E-state index contributed by atoms with van der Waals surface area (Å²) in [5.74, 6) is 2.63. The predicted molar refractivity (Wildman–Crippen MR) is 74.9 cm³/mol. The van der Waals surface area contributed by atoms with Crippen molar-refractivity contribution in [2.24, 2.45) is 11.8 Å². The molecule has 18 heavy (non-hydrogen) atoms. The third-order valence-corrected chi connectivity index (χ3v) is 3.83. The third-order valence-electron chi connectivity index (χ3n) is 3.83. The Morgan fingerprint density at radius 2 is 1.89 bits per heavy atom. The lowest BCUT2D eigenvalue weighted by molar-refractivity contribution is 0.340. The van der Waals surface area contributed by atoms with E-state index in [0.717, 1.165) is 29.0 Å². The molecule has 3 heteroatoms. The Bertz CT molecular complexity index is 413. The molecule has 0 radical (unpaired) electrons. The molecule has 0 unspecified atom stereocenters. The molecule has 1 aromatic rings. The monoisotopic (exact) mass is 246 g/mol. The van der Waals surface area contributed by atoms with Crippen molar-refractivity contribution >= 4 is 11.4 Å². The number of nitrogens with two attached hydrogens (primary N) is 1. The van der Waals surface area contributed by atoms with Crippen molar-refractivity contribution in [2.45, 2.75) is 38.6 Å². The van der Waals surface area contributed by atoms with Crippen LogP contribution in [-0.4, -0.2) is 12.6 Å². The number of benzene rings is 1. The highest BCUT2D eigenvalue weighted by atomic mass is 16.5. The van der Waals surface area contributed by atoms with Crippen LogP contribution in [-0.2, 0) is 0 Å². The summed E-state index contributed by atoms with van der Waals surface area (Å²) in [4.78, 5) is 0. The zero-order valence-electron chi connectivity index (χ0n) is 11.0. The van der Waals surface area contributed by atoms with Crippen LogP contribution in [0.3, 0.4) is 0 Å². The maximum atomic E-state index is 5.93. The van der Waals surface area contributed by atoms with Crippen LogP contribution in [0.25, 0.3) is 0 Å². The second kappa shape index (κ2) is 4.71. The number of hydrogen-bond donors (Lipinski definition) is 2. The maximum Gasteiger partial charge on any atom is 0.123 e. The van der Waals surface area contributed by atoms with Gasteiger partial charge in [-0.05, 0) is 50.5 Å². The molecule has 0 saturated heterocycles. The number of anilines is 2. The standard InChI is InChI=1S/C15H22N2O/c1-2-18-14-8-12(16)7-13(9-14)17-15(10-3-4-10)11-5-6-11/h7-11,15,17H,2-6,16H2,1H3. The summed E-state index contributed by atoms with van der Waals surface area (Å²) in [5.41, 5.74) is 7.81. The second-order valence-corrected chi connectivity index (χ2v) is 5.57. The van der Waals surface area contributed by atoms with Crippen LogP contribution >= 0.6 is 0 Å². The zero-order chi connectivity index (χ0) is 12.5. The van der Waals surface area contributed by atoms with E-state index in [1.165, 1.54) is 25.7 Å². The molecule has 2 saturated carbocycles. The molecule has 3 N–H and O–H groups in total. The molecule has 0 heterocycles. The van der Waals surface area contributed by atoms with Crippen molar-refractivity contribution in [3.8, 4) is 5.75 Å². The summed E-state index contributed by atoms with van der Waals surface area (Å²) in [6.45, 7) is 2.67. The van der Waals surface area contributed by atoms with Crippen molar-refractivity contribution in [1.82, 2.24) is 0 Å². The quantitative estimate of drug-likeness (QED) is 0.757. The molecule has 0 aliphatic heterocycles. The maximum absolute atomic E-state index is 5.93. The highest BCUT2D eigenvalue weighted by molar-refractivity contribution is 5.59. The topological polar surface area (TPSA) is 47.3 Å². The highest BCUT2D eigenvalue weighted by Crippen LogP contribution is 2.46. The molecule has 2 aliphatic carbocycles. The first-order valence-corrected chi connectivity index (χ1v) is 7.06. The van der Waals surface area contributed by atoms with E-state index in [2.05, 4.69) is 11.4 Å². The average molecular weight is 246 g/mol. The van der Waals surface area contributed by atoms with E-state index < -0.39 is 0 Å². The average Bonchev–Trinajstić information content (AvgIpc) is 3.18. The number of ether oxygens (including phenoxy) is 1. The van der Waals surface area contributed by atoms with Gasteiger partial charge in [-0.2, -0.15) is 0 Å². The van der Waals surface area contributed by atoms with Crippen molar-refractivity contribution in [3.63, 3.8) is 0 Å². The van der Waals surface area contributed by atoms with Crippen LogP contribution in [0.4, 0.5) is 11.4 Å². The van der Waals surface area contributed by atoms with Gasteiger partial charge < -0.3 is 15.8 Å². The van der Waals surface area contributed by atoms with Crippen LogP contribution in [0.15, 0.2) is 18.2 Å². The van der Waals surface area contributed by atoms with Gasteiger partial charge in [0.05, 0.1) is 6.61 Å². The Hall–Kier alpha value is -1.38. The molecular formula is C15H22N2O. The first kappa shape index (κ1) is 11.7. The van der Waals surface area contributed by atoms with Gasteiger partial charge in [0.25, 0.3) is 0 Å². The van der Waals surface area contributed by atoms with E-state index in [1.807, 2.05) is 19.1 Å². The van der Waals surface area contributed by atoms with Crippen LogP contribution < -0.4 is 15.8 Å². The first-order valence-electron chi connectivity index (χ1n) is 7.06. The van der Waals surface area contributed by atoms with Gasteiger partial charge in [-0.15, -0.1) is 0 Å². The minimum atomic E-state index is 0.654. The van der Waals surface area contributed by atoms with E-state index in [-0.39, 0.29) is 0 Å². The molecule has 3 rings (SSSR count). The van der Waals surface area contributed by atoms with Gasteiger partial charge in [0, 0.05) is 29.5 Å². The lowest BCUT2D eigenvalue weighted by Crippen LogP contribution is -2.24. The summed E-state index contributed by atoms with van der Waals surface area (Å²) in [6.07, 6.45) is 5.53. The van der Waals surface area contributed by atoms with Crippen molar-refractivity contribution < 1.29 is 4.74 Å². The van der Waals surface area contributed by atoms with Crippen molar-refractivity contribution in [1.29, 1.82) is 0 Å². The number of rotatable bonds is 6. The summed E-state index contributed by atoms with van der Waals surface area (Å²) < 4.78 is 5.54. The molecule has 3 nitrogen and oxygen atoms in total. The van der Waals surface area contributed by atoms with Gasteiger partial charge in [0.1, 0.15) is 5.75 Å². The fourth-order valence-electron chi connectivity index (χ4n) is 2.68. The van der Waals surface area contributed by atoms with Crippen LogP contribution in [0.2, 0.25) is 0 Å². The number of nitrogens with one attached hydrogen (secondary N) is 1. The van der Waals surface area contributed by atoms with Gasteiger partial charge in [0.15, 0.2) is 0 Å². The molecule has 1 aromatic carbocycles. The molecule has 0 atom stereocenters. The number of hydrogen-bond acceptors (Lipinski definition) is 3. The minimum absolute atomic E-state index is 0.654. The van der Waals surface area contributed by atoms with E-state index >= 15 is 0 Å². The van der Waals surface area contributed by atoms with Crippen LogP contribution in [0.1, 0.15) is 32.6 Å². The molecule has 0 spiro atoms. The molecule has 0 aromatic heterocycles. The van der Waals surface area contributed by atoms with Crippen molar-refractivity contribution in [3.05, 3.63) is 18.2 Å². The third kappa shape index (κ3) is 2.71. The SMILES string of the molecule is CCOc1cc(N)cc(NC(C2CC2)C2CC2)c1. The Morgan fingerprint density at radius 1 is 1.22 bits per heavy atom. The van der Waals surface area contributed by atoms with E-state index in [0.29, 0.717) is 12.6 Å². The van der Waals surface area contributed by atoms with Gasteiger partial charge in [0.2, 0.25) is 0 Å². The lowest BCUT2D eigenvalue weighted by Gasteiger charge is -2.20. The first-order chi connectivity index (χ1) is 8.76.